The summed E-state index contributed by atoms with van der Waals surface area (Å²) >= 11 is 1.74. The summed E-state index contributed by atoms with van der Waals surface area (Å²) in [7, 11) is 0. The second-order valence-electron chi connectivity index (χ2n) is 6.97. The number of piperidine rings is 1. The number of fused-ring (bicyclic) bond motifs is 1. The van der Waals surface area contributed by atoms with Crippen LogP contribution in [0, 0.1) is 5.92 Å². The van der Waals surface area contributed by atoms with E-state index >= 15 is 0 Å². The van der Waals surface area contributed by atoms with Crippen LogP contribution in [0.15, 0.2) is 12.4 Å². The van der Waals surface area contributed by atoms with Gasteiger partial charge in [-0.25, -0.2) is 9.97 Å². The Labute approximate surface area is 153 Å². The first-order chi connectivity index (χ1) is 12.1. The van der Waals surface area contributed by atoms with Gasteiger partial charge in [0.25, 0.3) is 0 Å². The molecule has 0 aliphatic carbocycles. The molecule has 1 saturated heterocycles. The first kappa shape index (κ1) is 18.1. The van der Waals surface area contributed by atoms with Crippen LogP contribution in [-0.4, -0.2) is 35.0 Å². The van der Waals surface area contributed by atoms with Gasteiger partial charge in [-0.3, -0.25) is 4.79 Å². The second kappa shape index (κ2) is 8.13. The standard InChI is InChI=1S/C19H28N4OS/c1-4-7-13(3)22-18(24)14-8-6-9-23(11-14)17-16-10-15(5-2)25-19(16)21-12-20-17/h10,12-14H,4-9,11H2,1-3H3,(H,22,24). The van der Waals surface area contributed by atoms with E-state index in [-0.39, 0.29) is 17.9 Å². The number of aryl methyl sites for hydroxylation is 1. The fraction of sp³-hybridized carbons (Fsp3) is 0.632. The number of nitrogens with one attached hydrogen (secondary N) is 1. The molecule has 1 aliphatic rings. The summed E-state index contributed by atoms with van der Waals surface area (Å²) < 4.78 is 0. The van der Waals surface area contributed by atoms with Gasteiger partial charge >= 0.3 is 0 Å². The SMILES string of the molecule is CCCC(C)NC(=O)C1CCCN(c2ncnc3sc(CC)cc23)C1. The van der Waals surface area contributed by atoms with Crippen molar-refractivity contribution in [3.8, 4) is 0 Å². The third-order valence-corrected chi connectivity index (χ3v) is 6.10. The van der Waals surface area contributed by atoms with Crippen LogP contribution >= 0.6 is 11.3 Å². The highest BCUT2D eigenvalue weighted by Gasteiger charge is 2.28. The molecule has 0 saturated carbocycles. The molecule has 3 rings (SSSR count). The molecular weight excluding hydrogens is 332 g/mol. The predicted octanol–water partition coefficient (Wildman–Crippen LogP) is 3.77. The van der Waals surface area contributed by atoms with Crippen LogP contribution in [-0.2, 0) is 11.2 Å². The molecule has 1 aliphatic heterocycles. The fourth-order valence-corrected chi connectivity index (χ4v) is 4.50. The van der Waals surface area contributed by atoms with Crippen molar-refractivity contribution in [2.75, 3.05) is 18.0 Å². The molecule has 136 valence electrons. The maximum atomic E-state index is 12.6. The monoisotopic (exact) mass is 360 g/mol. The zero-order valence-corrected chi connectivity index (χ0v) is 16.2. The van der Waals surface area contributed by atoms with E-state index in [9.17, 15) is 4.79 Å². The summed E-state index contributed by atoms with van der Waals surface area (Å²) in [6.45, 7) is 8.10. The zero-order chi connectivity index (χ0) is 17.8. The van der Waals surface area contributed by atoms with Gasteiger partial charge in [0.1, 0.15) is 17.0 Å². The number of aromatic nitrogens is 2. The highest BCUT2D eigenvalue weighted by Crippen LogP contribution is 2.32. The molecule has 2 atom stereocenters. The van der Waals surface area contributed by atoms with E-state index in [1.54, 1.807) is 17.7 Å². The van der Waals surface area contributed by atoms with Crippen molar-refractivity contribution < 1.29 is 4.79 Å². The van der Waals surface area contributed by atoms with Crippen molar-refractivity contribution in [3.63, 3.8) is 0 Å². The highest BCUT2D eigenvalue weighted by atomic mass is 32.1. The Kier molecular flexibility index (Phi) is 5.89. The Morgan fingerprint density at radius 2 is 2.28 bits per heavy atom. The smallest absolute Gasteiger partial charge is 0.225 e. The predicted molar refractivity (Wildman–Crippen MR) is 104 cm³/mol. The number of nitrogens with zero attached hydrogens (tertiary/aromatic N) is 3. The highest BCUT2D eigenvalue weighted by molar-refractivity contribution is 7.18. The number of hydrogen-bond donors (Lipinski definition) is 1. The average molecular weight is 361 g/mol. The molecule has 0 bridgehead atoms. The summed E-state index contributed by atoms with van der Waals surface area (Å²) in [4.78, 5) is 26.2. The summed E-state index contributed by atoms with van der Waals surface area (Å²) in [6, 6.07) is 2.46. The van der Waals surface area contributed by atoms with Crippen LogP contribution in [0.4, 0.5) is 5.82 Å². The first-order valence-corrected chi connectivity index (χ1v) is 10.2. The van der Waals surface area contributed by atoms with Crippen LogP contribution in [0.3, 0.4) is 0 Å². The Hall–Kier alpha value is -1.69. The maximum absolute atomic E-state index is 12.6. The van der Waals surface area contributed by atoms with E-state index < -0.39 is 0 Å². The third-order valence-electron chi connectivity index (χ3n) is 4.91. The summed E-state index contributed by atoms with van der Waals surface area (Å²) in [6.07, 6.45) is 6.77. The molecule has 1 N–H and O–H groups in total. The van der Waals surface area contributed by atoms with E-state index in [1.165, 1.54) is 4.88 Å². The van der Waals surface area contributed by atoms with Crippen LogP contribution in [0.25, 0.3) is 10.2 Å². The van der Waals surface area contributed by atoms with E-state index in [2.05, 4.69) is 47.0 Å². The van der Waals surface area contributed by atoms with Crippen molar-refractivity contribution in [3.05, 3.63) is 17.3 Å². The molecule has 3 heterocycles. The van der Waals surface area contributed by atoms with Gasteiger partial charge in [0.15, 0.2) is 0 Å². The topological polar surface area (TPSA) is 58.1 Å². The lowest BCUT2D eigenvalue weighted by atomic mass is 9.96. The number of anilines is 1. The van der Waals surface area contributed by atoms with Gasteiger partial charge in [-0.1, -0.05) is 20.3 Å². The average Bonchev–Trinajstić information content (AvgIpc) is 3.05. The van der Waals surface area contributed by atoms with Crippen molar-refractivity contribution >= 4 is 33.3 Å². The molecule has 0 aromatic carbocycles. The number of carbonyl (C=O) groups is 1. The van der Waals surface area contributed by atoms with Gasteiger partial charge in [-0.05, 0) is 38.7 Å². The number of rotatable bonds is 6. The molecule has 2 aromatic heterocycles. The van der Waals surface area contributed by atoms with Gasteiger partial charge in [-0.15, -0.1) is 11.3 Å². The van der Waals surface area contributed by atoms with Gasteiger partial charge in [0.2, 0.25) is 5.91 Å². The maximum Gasteiger partial charge on any atom is 0.225 e. The van der Waals surface area contributed by atoms with Gasteiger partial charge in [0, 0.05) is 24.0 Å². The molecule has 0 spiro atoms. The lowest BCUT2D eigenvalue weighted by Crippen LogP contribution is -2.45. The number of thiophene rings is 1. The Morgan fingerprint density at radius 3 is 3.04 bits per heavy atom. The van der Waals surface area contributed by atoms with Crippen molar-refractivity contribution in [2.45, 2.75) is 58.9 Å². The minimum atomic E-state index is 0.0438. The van der Waals surface area contributed by atoms with E-state index in [4.69, 9.17) is 0 Å². The lowest BCUT2D eigenvalue weighted by Gasteiger charge is -2.33. The molecule has 6 heteroatoms. The molecule has 2 unspecified atom stereocenters. The fourth-order valence-electron chi connectivity index (χ4n) is 3.57. The Balaban J connectivity index is 1.75. The Morgan fingerprint density at radius 1 is 1.44 bits per heavy atom. The van der Waals surface area contributed by atoms with Crippen LogP contribution < -0.4 is 10.2 Å². The number of amides is 1. The van der Waals surface area contributed by atoms with Crippen molar-refractivity contribution in [1.82, 2.24) is 15.3 Å². The van der Waals surface area contributed by atoms with Gasteiger partial charge in [-0.2, -0.15) is 0 Å². The molecule has 2 aromatic rings. The summed E-state index contributed by atoms with van der Waals surface area (Å²) in [5, 5.41) is 4.31. The van der Waals surface area contributed by atoms with E-state index in [0.717, 1.165) is 61.2 Å². The third kappa shape index (κ3) is 4.11. The molecule has 1 fully saturated rings. The molecular formula is C19H28N4OS. The molecule has 1 amide bonds. The number of carbonyl (C=O) groups excluding carboxylic acids is 1. The lowest BCUT2D eigenvalue weighted by molar-refractivity contribution is -0.125. The van der Waals surface area contributed by atoms with Crippen LogP contribution in [0.1, 0.15) is 51.3 Å². The van der Waals surface area contributed by atoms with Crippen molar-refractivity contribution in [2.24, 2.45) is 5.92 Å². The first-order valence-electron chi connectivity index (χ1n) is 9.41. The normalized spacial score (nSPS) is 19.2. The largest absolute Gasteiger partial charge is 0.355 e. The minimum Gasteiger partial charge on any atom is -0.355 e. The second-order valence-corrected chi connectivity index (χ2v) is 8.08. The van der Waals surface area contributed by atoms with Gasteiger partial charge in [0.05, 0.1) is 11.3 Å². The summed E-state index contributed by atoms with van der Waals surface area (Å²) in [5.41, 5.74) is 0. The number of hydrogen-bond acceptors (Lipinski definition) is 5. The minimum absolute atomic E-state index is 0.0438. The summed E-state index contributed by atoms with van der Waals surface area (Å²) in [5.74, 6) is 1.22. The van der Waals surface area contributed by atoms with E-state index in [0.29, 0.717) is 0 Å². The molecule has 0 radical (unpaired) electrons. The molecule has 5 nitrogen and oxygen atoms in total. The zero-order valence-electron chi connectivity index (χ0n) is 15.4. The van der Waals surface area contributed by atoms with Crippen LogP contribution in [0.2, 0.25) is 0 Å². The van der Waals surface area contributed by atoms with Crippen molar-refractivity contribution in [1.29, 1.82) is 0 Å². The van der Waals surface area contributed by atoms with E-state index in [1.807, 2.05) is 0 Å². The quantitative estimate of drug-likeness (QED) is 0.852. The Bertz CT molecular complexity index is 729. The van der Waals surface area contributed by atoms with Crippen LogP contribution in [0.5, 0.6) is 0 Å². The van der Waals surface area contributed by atoms with Gasteiger partial charge < -0.3 is 10.2 Å². The molecule has 25 heavy (non-hydrogen) atoms.